The summed E-state index contributed by atoms with van der Waals surface area (Å²) in [6.07, 6.45) is 0. The SMILES string of the molecule is C[C@H](N)C(=O)Nc1ccccc1SC(F)F. The van der Waals surface area contributed by atoms with E-state index in [4.69, 9.17) is 5.73 Å². The average Bonchev–Trinajstić information content (AvgIpc) is 2.20. The van der Waals surface area contributed by atoms with Crippen LogP contribution >= 0.6 is 11.8 Å². The number of hydrogen-bond acceptors (Lipinski definition) is 3. The van der Waals surface area contributed by atoms with Gasteiger partial charge in [0.2, 0.25) is 5.91 Å². The fraction of sp³-hybridized carbons (Fsp3) is 0.300. The predicted molar refractivity (Wildman–Crippen MR) is 60.6 cm³/mol. The van der Waals surface area contributed by atoms with Gasteiger partial charge in [-0.1, -0.05) is 23.9 Å². The van der Waals surface area contributed by atoms with E-state index in [1.165, 1.54) is 13.0 Å². The second-order valence-corrected chi connectivity index (χ2v) is 4.18. The van der Waals surface area contributed by atoms with Crippen LogP contribution in [0.1, 0.15) is 6.92 Å². The van der Waals surface area contributed by atoms with Crippen molar-refractivity contribution in [3.8, 4) is 0 Å². The standard InChI is InChI=1S/C10H12F2N2OS/c1-6(13)9(15)14-7-4-2-3-5-8(7)16-10(11)12/h2-6,10H,13H2,1H3,(H,14,15)/t6-/m0/s1. The zero-order valence-electron chi connectivity index (χ0n) is 8.61. The van der Waals surface area contributed by atoms with Gasteiger partial charge in [0, 0.05) is 4.90 Å². The Morgan fingerprint density at radius 2 is 2.06 bits per heavy atom. The number of amides is 1. The molecule has 0 spiro atoms. The molecule has 6 heteroatoms. The molecular formula is C10H12F2N2OS. The van der Waals surface area contributed by atoms with Crippen LogP contribution in [0.25, 0.3) is 0 Å². The van der Waals surface area contributed by atoms with Crippen molar-refractivity contribution in [1.29, 1.82) is 0 Å². The molecule has 1 atom stereocenters. The van der Waals surface area contributed by atoms with Gasteiger partial charge in [0.25, 0.3) is 5.76 Å². The van der Waals surface area contributed by atoms with Crippen molar-refractivity contribution in [2.24, 2.45) is 5.73 Å². The van der Waals surface area contributed by atoms with Gasteiger partial charge in [-0.3, -0.25) is 4.79 Å². The smallest absolute Gasteiger partial charge is 0.288 e. The number of carbonyl (C=O) groups is 1. The van der Waals surface area contributed by atoms with Crippen molar-refractivity contribution >= 4 is 23.4 Å². The van der Waals surface area contributed by atoms with Crippen LogP contribution in [0.4, 0.5) is 14.5 Å². The third-order valence-electron chi connectivity index (χ3n) is 1.77. The first-order valence-corrected chi connectivity index (χ1v) is 5.49. The number of benzene rings is 1. The van der Waals surface area contributed by atoms with Crippen LogP contribution in [-0.4, -0.2) is 17.7 Å². The van der Waals surface area contributed by atoms with Crippen LogP contribution < -0.4 is 11.1 Å². The van der Waals surface area contributed by atoms with E-state index in [9.17, 15) is 13.6 Å². The Hall–Kier alpha value is -1.14. The van der Waals surface area contributed by atoms with Gasteiger partial charge in [0.05, 0.1) is 11.7 Å². The fourth-order valence-electron chi connectivity index (χ4n) is 1.02. The quantitative estimate of drug-likeness (QED) is 0.801. The average molecular weight is 246 g/mol. The molecule has 3 N–H and O–H groups in total. The van der Waals surface area contributed by atoms with Crippen molar-refractivity contribution in [3.05, 3.63) is 24.3 Å². The molecule has 3 nitrogen and oxygen atoms in total. The lowest BCUT2D eigenvalue weighted by Crippen LogP contribution is -2.32. The zero-order valence-corrected chi connectivity index (χ0v) is 9.43. The van der Waals surface area contributed by atoms with Crippen molar-refractivity contribution in [2.45, 2.75) is 23.6 Å². The van der Waals surface area contributed by atoms with E-state index in [1.54, 1.807) is 18.2 Å². The predicted octanol–water partition coefficient (Wildman–Crippen LogP) is 2.29. The number of nitrogens with two attached hydrogens (primary N) is 1. The first-order valence-electron chi connectivity index (χ1n) is 4.61. The Labute approximate surface area is 96.4 Å². The van der Waals surface area contributed by atoms with Crippen LogP contribution in [0.2, 0.25) is 0 Å². The summed E-state index contributed by atoms with van der Waals surface area (Å²) in [6, 6.07) is 5.70. The highest BCUT2D eigenvalue weighted by Crippen LogP contribution is 2.31. The summed E-state index contributed by atoms with van der Waals surface area (Å²) in [4.78, 5) is 11.6. The van der Waals surface area contributed by atoms with E-state index in [0.29, 0.717) is 22.3 Å². The van der Waals surface area contributed by atoms with E-state index >= 15 is 0 Å². The molecule has 88 valence electrons. The molecule has 0 saturated heterocycles. The lowest BCUT2D eigenvalue weighted by atomic mass is 10.3. The number of halogens is 2. The molecule has 0 aliphatic heterocycles. The van der Waals surface area contributed by atoms with E-state index in [-0.39, 0.29) is 0 Å². The Bertz CT molecular complexity index is 372. The topological polar surface area (TPSA) is 55.1 Å². The number of para-hydroxylation sites is 1. The highest BCUT2D eigenvalue weighted by atomic mass is 32.2. The maximum Gasteiger partial charge on any atom is 0.288 e. The number of thioether (sulfide) groups is 1. The number of nitrogens with one attached hydrogen (secondary N) is 1. The van der Waals surface area contributed by atoms with E-state index in [0.717, 1.165) is 0 Å². The molecule has 1 aromatic carbocycles. The van der Waals surface area contributed by atoms with Gasteiger partial charge in [-0.25, -0.2) is 0 Å². The molecule has 0 aromatic heterocycles. The first kappa shape index (κ1) is 12.9. The highest BCUT2D eigenvalue weighted by Gasteiger charge is 2.13. The summed E-state index contributed by atoms with van der Waals surface area (Å²) in [5.74, 6) is -2.92. The van der Waals surface area contributed by atoms with Gasteiger partial charge in [-0.05, 0) is 19.1 Å². The molecule has 0 fully saturated rings. The monoisotopic (exact) mass is 246 g/mol. The minimum atomic E-state index is -2.52. The van der Waals surface area contributed by atoms with Crippen LogP contribution in [0, 0.1) is 0 Å². The van der Waals surface area contributed by atoms with E-state index in [2.05, 4.69) is 5.32 Å². The third-order valence-corrected chi connectivity index (χ3v) is 2.56. The van der Waals surface area contributed by atoms with Gasteiger partial charge >= 0.3 is 0 Å². The maximum absolute atomic E-state index is 12.2. The third kappa shape index (κ3) is 3.79. The van der Waals surface area contributed by atoms with E-state index in [1.807, 2.05) is 0 Å². The van der Waals surface area contributed by atoms with Crippen molar-refractivity contribution < 1.29 is 13.6 Å². The Balaban J connectivity index is 2.82. The molecule has 1 rings (SSSR count). The minimum absolute atomic E-state index is 0.325. The Morgan fingerprint density at radius 3 is 2.62 bits per heavy atom. The summed E-state index contributed by atoms with van der Waals surface area (Å²) in [5, 5.41) is 2.50. The lowest BCUT2D eigenvalue weighted by Gasteiger charge is -2.11. The van der Waals surface area contributed by atoms with Crippen LogP contribution in [-0.2, 0) is 4.79 Å². The number of alkyl halides is 2. The summed E-state index contributed by atoms with van der Waals surface area (Å²) < 4.78 is 24.4. The van der Waals surface area contributed by atoms with Gasteiger partial charge in [-0.15, -0.1) is 0 Å². The number of rotatable bonds is 4. The summed E-state index contributed by atoms with van der Waals surface area (Å²) in [7, 11) is 0. The van der Waals surface area contributed by atoms with Crippen LogP contribution in [0.3, 0.4) is 0 Å². The van der Waals surface area contributed by atoms with Gasteiger partial charge in [0.1, 0.15) is 0 Å². The zero-order chi connectivity index (χ0) is 12.1. The highest BCUT2D eigenvalue weighted by molar-refractivity contribution is 7.99. The molecule has 0 aliphatic carbocycles. The molecule has 0 unspecified atom stereocenters. The fourth-order valence-corrected chi connectivity index (χ4v) is 1.61. The summed E-state index contributed by atoms with van der Waals surface area (Å²) >= 11 is 0.390. The normalized spacial score (nSPS) is 12.6. The van der Waals surface area contributed by atoms with Crippen molar-refractivity contribution in [1.82, 2.24) is 0 Å². The Kier molecular flexibility index (Phi) is 4.70. The molecule has 1 amide bonds. The number of carbonyl (C=O) groups excluding carboxylic acids is 1. The lowest BCUT2D eigenvalue weighted by molar-refractivity contribution is -0.117. The van der Waals surface area contributed by atoms with Gasteiger partial charge in [-0.2, -0.15) is 8.78 Å². The molecular weight excluding hydrogens is 234 g/mol. The largest absolute Gasteiger partial charge is 0.324 e. The molecule has 0 aliphatic rings. The van der Waals surface area contributed by atoms with Crippen LogP contribution in [0.5, 0.6) is 0 Å². The minimum Gasteiger partial charge on any atom is -0.324 e. The van der Waals surface area contributed by atoms with Crippen LogP contribution in [0.15, 0.2) is 29.2 Å². The number of anilines is 1. The van der Waals surface area contributed by atoms with Gasteiger partial charge in [0.15, 0.2) is 0 Å². The summed E-state index contributed by atoms with van der Waals surface area (Å²) in [5.41, 5.74) is 5.72. The molecule has 16 heavy (non-hydrogen) atoms. The van der Waals surface area contributed by atoms with E-state index < -0.39 is 17.7 Å². The van der Waals surface area contributed by atoms with Crippen molar-refractivity contribution in [2.75, 3.05) is 5.32 Å². The first-order chi connectivity index (χ1) is 7.50. The Morgan fingerprint density at radius 1 is 1.44 bits per heavy atom. The summed E-state index contributed by atoms with van der Waals surface area (Å²) in [6.45, 7) is 1.53. The molecule has 0 saturated carbocycles. The molecule has 0 heterocycles. The molecule has 0 bridgehead atoms. The second-order valence-electron chi connectivity index (χ2n) is 3.15. The maximum atomic E-state index is 12.2. The van der Waals surface area contributed by atoms with Gasteiger partial charge < -0.3 is 11.1 Å². The number of hydrogen-bond donors (Lipinski definition) is 2. The van der Waals surface area contributed by atoms with Crippen molar-refractivity contribution in [3.63, 3.8) is 0 Å². The second kappa shape index (κ2) is 5.81. The molecule has 0 radical (unpaired) electrons. The molecule has 1 aromatic rings.